The topological polar surface area (TPSA) is 104 Å². The van der Waals surface area contributed by atoms with Gasteiger partial charge in [-0.1, -0.05) is 25.1 Å². The van der Waals surface area contributed by atoms with Crippen LogP contribution in [0.5, 0.6) is 0 Å². The van der Waals surface area contributed by atoms with E-state index in [0.717, 1.165) is 17.5 Å². The van der Waals surface area contributed by atoms with Gasteiger partial charge in [-0.3, -0.25) is 14.6 Å². The van der Waals surface area contributed by atoms with Gasteiger partial charge in [0, 0.05) is 12.7 Å². The molecule has 1 atom stereocenters. The maximum absolute atomic E-state index is 12.5. The van der Waals surface area contributed by atoms with Crippen molar-refractivity contribution in [2.75, 3.05) is 13.7 Å². The zero-order chi connectivity index (χ0) is 19.4. The molecule has 7 heteroatoms. The van der Waals surface area contributed by atoms with Crippen LogP contribution in [0, 0.1) is 0 Å². The highest BCUT2D eigenvalue weighted by atomic mass is 16.5. The van der Waals surface area contributed by atoms with Crippen LogP contribution in [0.15, 0.2) is 52.1 Å². The van der Waals surface area contributed by atoms with E-state index in [-0.39, 0.29) is 11.9 Å². The summed E-state index contributed by atoms with van der Waals surface area (Å²) in [5.41, 5.74) is 1.58. The Balaban J connectivity index is 1.93. The number of H-pyrrole nitrogens is 2. The minimum Gasteiger partial charge on any atom is -0.383 e. The van der Waals surface area contributed by atoms with Crippen LogP contribution in [0.3, 0.4) is 0 Å². The summed E-state index contributed by atoms with van der Waals surface area (Å²) in [7, 11) is 1.60. The predicted molar refractivity (Wildman–Crippen MR) is 104 cm³/mol. The van der Waals surface area contributed by atoms with Gasteiger partial charge in [-0.2, -0.15) is 0 Å². The molecule has 0 bridgehead atoms. The highest BCUT2D eigenvalue weighted by molar-refractivity contribution is 5.96. The number of ether oxygens (including phenoxy) is 1. The lowest BCUT2D eigenvalue weighted by Crippen LogP contribution is -2.37. The maximum Gasteiger partial charge on any atom is 0.326 e. The predicted octanol–water partition coefficient (Wildman–Crippen LogP) is 2.04. The quantitative estimate of drug-likeness (QED) is 0.620. The molecule has 0 aliphatic heterocycles. The molecule has 0 spiro atoms. The standard InChI is InChI=1S/C20H21N3O4/c1-3-15(11-27-2)21-18(24)14-6-4-5-12(9-14)13-7-8-17-16(10-13)19(25)23-20(26)22-17/h4-10,15H,3,11H2,1-2H3,(H,21,24)(H2,22,23,25,26)/t15-/m1/s1. The number of nitrogens with one attached hydrogen (secondary N) is 3. The van der Waals surface area contributed by atoms with E-state index in [0.29, 0.717) is 23.1 Å². The smallest absolute Gasteiger partial charge is 0.326 e. The number of amides is 1. The Bertz CT molecular complexity index is 1080. The highest BCUT2D eigenvalue weighted by Crippen LogP contribution is 2.23. The lowest BCUT2D eigenvalue weighted by Gasteiger charge is -2.16. The summed E-state index contributed by atoms with van der Waals surface area (Å²) in [6.45, 7) is 2.44. The normalized spacial score (nSPS) is 12.1. The van der Waals surface area contributed by atoms with Crippen molar-refractivity contribution in [1.82, 2.24) is 15.3 Å². The van der Waals surface area contributed by atoms with E-state index in [1.807, 2.05) is 13.0 Å². The van der Waals surface area contributed by atoms with Crippen LogP contribution in [-0.2, 0) is 4.74 Å². The maximum atomic E-state index is 12.5. The van der Waals surface area contributed by atoms with Gasteiger partial charge in [0.25, 0.3) is 11.5 Å². The van der Waals surface area contributed by atoms with Crippen molar-refractivity contribution in [2.24, 2.45) is 0 Å². The second-order valence-electron chi connectivity index (χ2n) is 6.28. The van der Waals surface area contributed by atoms with E-state index < -0.39 is 11.2 Å². The number of carbonyl (C=O) groups is 1. The minimum atomic E-state index is -0.541. The molecule has 0 saturated heterocycles. The molecule has 1 amide bonds. The lowest BCUT2D eigenvalue weighted by molar-refractivity contribution is 0.0894. The molecule has 0 radical (unpaired) electrons. The van der Waals surface area contributed by atoms with Gasteiger partial charge in [-0.15, -0.1) is 0 Å². The average molecular weight is 367 g/mol. The number of rotatable bonds is 6. The van der Waals surface area contributed by atoms with Gasteiger partial charge in [-0.05, 0) is 41.8 Å². The molecule has 3 aromatic rings. The fourth-order valence-electron chi connectivity index (χ4n) is 2.92. The van der Waals surface area contributed by atoms with Crippen molar-refractivity contribution in [1.29, 1.82) is 0 Å². The largest absolute Gasteiger partial charge is 0.383 e. The average Bonchev–Trinajstić information content (AvgIpc) is 2.67. The van der Waals surface area contributed by atoms with E-state index in [4.69, 9.17) is 4.74 Å². The Labute approximate surface area is 155 Å². The summed E-state index contributed by atoms with van der Waals surface area (Å²) in [5, 5.41) is 3.33. The first-order valence-corrected chi connectivity index (χ1v) is 8.68. The molecule has 3 N–H and O–H groups in total. The second-order valence-corrected chi connectivity index (χ2v) is 6.28. The number of fused-ring (bicyclic) bond motifs is 1. The third kappa shape index (κ3) is 4.15. The van der Waals surface area contributed by atoms with Crippen molar-refractivity contribution >= 4 is 16.8 Å². The first kappa shape index (κ1) is 18.6. The molecule has 1 heterocycles. The van der Waals surface area contributed by atoms with Crippen LogP contribution in [0.25, 0.3) is 22.0 Å². The summed E-state index contributed by atoms with van der Waals surface area (Å²) < 4.78 is 5.11. The number of benzene rings is 2. The van der Waals surface area contributed by atoms with Crippen LogP contribution >= 0.6 is 0 Å². The van der Waals surface area contributed by atoms with Crippen molar-refractivity contribution in [3.63, 3.8) is 0 Å². The lowest BCUT2D eigenvalue weighted by atomic mass is 10.0. The number of carbonyl (C=O) groups excluding carboxylic acids is 1. The number of methoxy groups -OCH3 is 1. The summed E-state index contributed by atoms with van der Waals surface area (Å²) in [6.07, 6.45) is 0.769. The fourth-order valence-corrected chi connectivity index (χ4v) is 2.92. The zero-order valence-corrected chi connectivity index (χ0v) is 15.2. The number of aromatic amines is 2. The van der Waals surface area contributed by atoms with Crippen LogP contribution in [0.2, 0.25) is 0 Å². The number of hydrogen-bond acceptors (Lipinski definition) is 4. The van der Waals surface area contributed by atoms with Gasteiger partial charge in [0.05, 0.1) is 23.6 Å². The van der Waals surface area contributed by atoms with E-state index >= 15 is 0 Å². The van der Waals surface area contributed by atoms with Crippen molar-refractivity contribution in [3.05, 3.63) is 68.9 Å². The summed E-state index contributed by atoms with van der Waals surface area (Å²) in [6, 6.07) is 12.3. The molecule has 0 unspecified atom stereocenters. The van der Waals surface area contributed by atoms with Gasteiger partial charge in [0.15, 0.2) is 0 Å². The second kappa shape index (κ2) is 8.01. The summed E-state index contributed by atoms with van der Waals surface area (Å²) in [4.78, 5) is 40.7. The Kier molecular flexibility index (Phi) is 5.52. The van der Waals surface area contributed by atoms with Crippen LogP contribution in [0.1, 0.15) is 23.7 Å². The zero-order valence-electron chi connectivity index (χ0n) is 15.2. The Morgan fingerprint density at radius 1 is 1.11 bits per heavy atom. The third-order valence-electron chi connectivity index (χ3n) is 4.39. The molecule has 0 saturated carbocycles. The van der Waals surface area contributed by atoms with Crippen molar-refractivity contribution in [3.8, 4) is 11.1 Å². The number of hydrogen-bond donors (Lipinski definition) is 3. The molecule has 140 valence electrons. The van der Waals surface area contributed by atoms with Gasteiger partial charge in [-0.25, -0.2) is 4.79 Å². The molecule has 0 fully saturated rings. The molecule has 0 aliphatic rings. The monoisotopic (exact) mass is 367 g/mol. The summed E-state index contributed by atoms with van der Waals surface area (Å²) in [5.74, 6) is -0.177. The first-order chi connectivity index (χ1) is 13.0. The van der Waals surface area contributed by atoms with E-state index in [1.54, 1.807) is 43.5 Å². The molecular formula is C20H21N3O4. The Hall–Kier alpha value is -3.19. The van der Waals surface area contributed by atoms with Gasteiger partial charge in [0.1, 0.15) is 0 Å². The molecular weight excluding hydrogens is 346 g/mol. The molecule has 1 aromatic heterocycles. The molecule has 0 aliphatic carbocycles. The first-order valence-electron chi connectivity index (χ1n) is 8.68. The minimum absolute atomic E-state index is 0.0535. The molecule has 2 aromatic carbocycles. The number of aromatic nitrogens is 2. The third-order valence-corrected chi connectivity index (χ3v) is 4.39. The van der Waals surface area contributed by atoms with Gasteiger partial charge < -0.3 is 15.0 Å². The van der Waals surface area contributed by atoms with Crippen molar-refractivity contribution in [2.45, 2.75) is 19.4 Å². The van der Waals surface area contributed by atoms with Gasteiger partial charge >= 0.3 is 5.69 Å². The fraction of sp³-hybridized carbons (Fsp3) is 0.250. The molecule has 27 heavy (non-hydrogen) atoms. The van der Waals surface area contributed by atoms with E-state index in [1.165, 1.54) is 0 Å². The van der Waals surface area contributed by atoms with Crippen LogP contribution in [0.4, 0.5) is 0 Å². The van der Waals surface area contributed by atoms with Crippen molar-refractivity contribution < 1.29 is 9.53 Å². The van der Waals surface area contributed by atoms with Gasteiger partial charge in [0.2, 0.25) is 0 Å². The molecule has 7 nitrogen and oxygen atoms in total. The van der Waals surface area contributed by atoms with E-state index in [2.05, 4.69) is 15.3 Å². The summed E-state index contributed by atoms with van der Waals surface area (Å²) >= 11 is 0. The van der Waals surface area contributed by atoms with Crippen LogP contribution < -0.4 is 16.6 Å². The Morgan fingerprint density at radius 2 is 1.89 bits per heavy atom. The van der Waals surface area contributed by atoms with Crippen LogP contribution in [-0.4, -0.2) is 35.6 Å². The SMILES string of the molecule is CC[C@H](COC)NC(=O)c1cccc(-c2ccc3[nH]c(=O)[nH]c(=O)c3c2)c1. The highest BCUT2D eigenvalue weighted by Gasteiger charge is 2.13. The molecule has 3 rings (SSSR count). The Morgan fingerprint density at radius 3 is 2.63 bits per heavy atom. The van der Waals surface area contributed by atoms with E-state index in [9.17, 15) is 14.4 Å².